The minimum absolute atomic E-state index is 0.156. The number of rotatable bonds is 5. The van der Waals surface area contributed by atoms with Crippen molar-refractivity contribution in [2.24, 2.45) is 0 Å². The number of hydrogen-bond donors (Lipinski definition) is 1. The van der Waals surface area contributed by atoms with Gasteiger partial charge in [0, 0.05) is 35.7 Å². The fourth-order valence-electron chi connectivity index (χ4n) is 2.15. The Morgan fingerprint density at radius 2 is 1.75 bits per heavy atom. The minimum atomic E-state index is -0.169. The van der Waals surface area contributed by atoms with Gasteiger partial charge in [-0.3, -0.25) is 9.59 Å². The predicted octanol–water partition coefficient (Wildman–Crippen LogP) is 3.70. The molecule has 0 fully saturated rings. The van der Waals surface area contributed by atoms with E-state index in [1.54, 1.807) is 36.4 Å². The summed E-state index contributed by atoms with van der Waals surface area (Å²) in [5.41, 5.74) is 1.89. The smallest absolute Gasteiger partial charge is 0.226 e. The third-order valence-corrected chi connectivity index (χ3v) is 3.91. The van der Waals surface area contributed by atoms with Gasteiger partial charge in [-0.15, -0.1) is 0 Å². The Morgan fingerprint density at radius 1 is 1.12 bits per heavy atom. The predicted molar refractivity (Wildman–Crippen MR) is 96.6 cm³/mol. The van der Waals surface area contributed by atoms with Gasteiger partial charge in [0.15, 0.2) is 0 Å². The molecule has 0 aliphatic carbocycles. The summed E-state index contributed by atoms with van der Waals surface area (Å²) < 4.78 is 0.934. The summed E-state index contributed by atoms with van der Waals surface area (Å²) in [5.74, 6) is -0.326. The van der Waals surface area contributed by atoms with Crippen LogP contribution in [0.4, 0.5) is 11.4 Å². The third-order valence-electron chi connectivity index (χ3n) is 3.38. The van der Waals surface area contributed by atoms with Gasteiger partial charge in [-0.05, 0) is 48.5 Å². The number of nitrogens with one attached hydrogen (secondary N) is 1. The highest BCUT2D eigenvalue weighted by molar-refractivity contribution is 9.10. The first-order valence-electron chi connectivity index (χ1n) is 7.33. The molecule has 0 aliphatic heterocycles. The van der Waals surface area contributed by atoms with Crippen LogP contribution >= 0.6 is 15.9 Å². The molecule has 2 amide bonds. The van der Waals surface area contributed by atoms with Crippen LogP contribution in [0.2, 0.25) is 0 Å². The Balaban J connectivity index is 1.98. The molecule has 6 heteroatoms. The fraction of sp³-hybridized carbons (Fsp3) is 0.167. The van der Waals surface area contributed by atoms with Gasteiger partial charge >= 0.3 is 0 Å². The standard InChI is InChI=1S/C18H16BrN3O2/c1-13(23)22(17-8-2-14(12-20)3-9-17)11-10-18(24)21-16-6-4-15(19)5-7-16/h2-9H,10-11H2,1H3,(H,21,24). The average molecular weight is 386 g/mol. The van der Waals surface area contributed by atoms with Crippen LogP contribution in [-0.2, 0) is 9.59 Å². The number of anilines is 2. The van der Waals surface area contributed by atoms with Crippen molar-refractivity contribution in [1.29, 1.82) is 5.26 Å². The Hall–Kier alpha value is -2.65. The summed E-state index contributed by atoms with van der Waals surface area (Å²) in [6.07, 6.45) is 0.176. The lowest BCUT2D eigenvalue weighted by atomic mass is 10.2. The van der Waals surface area contributed by atoms with Crippen LogP contribution in [0.3, 0.4) is 0 Å². The SMILES string of the molecule is CC(=O)N(CCC(=O)Nc1ccc(Br)cc1)c1ccc(C#N)cc1. The highest BCUT2D eigenvalue weighted by atomic mass is 79.9. The largest absolute Gasteiger partial charge is 0.326 e. The van der Waals surface area contributed by atoms with Crippen LogP contribution in [-0.4, -0.2) is 18.4 Å². The first kappa shape index (κ1) is 17.7. The second-order valence-corrected chi connectivity index (χ2v) is 6.05. The van der Waals surface area contributed by atoms with Crippen LogP contribution in [0.5, 0.6) is 0 Å². The van der Waals surface area contributed by atoms with Crippen molar-refractivity contribution >= 4 is 39.1 Å². The van der Waals surface area contributed by atoms with Crippen molar-refractivity contribution in [2.75, 3.05) is 16.8 Å². The van der Waals surface area contributed by atoms with Crippen molar-refractivity contribution in [3.8, 4) is 6.07 Å². The zero-order valence-electron chi connectivity index (χ0n) is 13.1. The van der Waals surface area contributed by atoms with Gasteiger partial charge < -0.3 is 10.2 Å². The lowest BCUT2D eigenvalue weighted by molar-refractivity contribution is -0.117. The minimum Gasteiger partial charge on any atom is -0.326 e. The molecule has 0 radical (unpaired) electrons. The first-order valence-corrected chi connectivity index (χ1v) is 8.12. The molecule has 1 N–H and O–H groups in total. The van der Waals surface area contributed by atoms with E-state index in [0.717, 1.165) is 4.47 Å². The molecule has 0 atom stereocenters. The van der Waals surface area contributed by atoms with Crippen molar-refractivity contribution in [3.63, 3.8) is 0 Å². The number of hydrogen-bond acceptors (Lipinski definition) is 3. The Kier molecular flexibility index (Phi) is 6.10. The summed E-state index contributed by atoms with van der Waals surface area (Å²) in [7, 11) is 0. The maximum atomic E-state index is 12.1. The summed E-state index contributed by atoms with van der Waals surface area (Å²) in [5, 5.41) is 11.6. The molecule has 0 heterocycles. The Bertz CT molecular complexity index is 764. The molecule has 5 nitrogen and oxygen atoms in total. The number of amides is 2. The Morgan fingerprint density at radius 3 is 2.29 bits per heavy atom. The lowest BCUT2D eigenvalue weighted by Crippen LogP contribution is -2.31. The topological polar surface area (TPSA) is 73.2 Å². The van der Waals surface area contributed by atoms with Gasteiger partial charge in [-0.25, -0.2) is 0 Å². The first-order chi connectivity index (χ1) is 11.5. The highest BCUT2D eigenvalue weighted by Crippen LogP contribution is 2.17. The summed E-state index contributed by atoms with van der Waals surface area (Å²) in [4.78, 5) is 25.4. The van der Waals surface area contributed by atoms with E-state index in [4.69, 9.17) is 5.26 Å². The second kappa shape index (κ2) is 8.27. The number of carbonyl (C=O) groups is 2. The molecule has 2 rings (SSSR count). The molecule has 0 aliphatic rings. The molecule has 0 saturated carbocycles. The monoisotopic (exact) mass is 385 g/mol. The van der Waals surface area contributed by atoms with Crippen molar-refractivity contribution in [3.05, 3.63) is 58.6 Å². The van der Waals surface area contributed by atoms with Crippen molar-refractivity contribution in [1.82, 2.24) is 0 Å². The lowest BCUT2D eigenvalue weighted by Gasteiger charge is -2.21. The van der Waals surface area contributed by atoms with Crippen molar-refractivity contribution < 1.29 is 9.59 Å². The number of halogens is 1. The summed E-state index contributed by atoms with van der Waals surface area (Å²) in [6, 6.07) is 16.0. The summed E-state index contributed by atoms with van der Waals surface area (Å²) in [6.45, 7) is 1.72. The van der Waals surface area contributed by atoms with E-state index in [1.807, 2.05) is 18.2 Å². The quantitative estimate of drug-likeness (QED) is 0.852. The van der Waals surface area contributed by atoms with Crippen LogP contribution in [0.1, 0.15) is 18.9 Å². The molecule has 0 saturated heterocycles. The molecule has 0 unspecified atom stereocenters. The second-order valence-electron chi connectivity index (χ2n) is 5.13. The third kappa shape index (κ3) is 4.93. The van der Waals surface area contributed by atoms with Crippen molar-refractivity contribution in [2.45, 2.75) is 13.3 Å². The van der Waals surface area contributed by atoms with E-state index in [-0.39, 0.29) is 24.8 Å². The van der Waals surface area contributed by atoms with E-state index >= 15 is 0 Å². The molecule has 2 aromatic carbocycles. The van der Waals surface area contributed by atoms with Gasteiger partial charge in [0.2, 0.25) is 11.8 Å². The number of nitrogens with zero attached hydrogens (tertiary/aromatic N) is 2. The van der Waals surface area contributed by atoms with E-state index in [1.165, 1.54) is 11.8 Å². The number of benzene rings is 2. The van der Waals surface area contributed by atoms with E-state index < -0.39 is 0 Å². The van der Waals surface area contributed by atoms with E-state index in [9.17, 15) is 9.59 Å². The molecular weight excluding hydrogens is 370 g/mol. The van der Waals surface area contributed by atoms with Gasteiger partial charge in [0.05, 0.1) is 11.6 Å². The van der Waals surface area contributed by atoms with Gasteiger partial charge in [-0.1, -0.05) is 15.9 Å². The van der Waals surface area contributed by atoms with Crippen LogP contribution in [0, 0.1) is 11.3 Å². The highest BCUT2D eigenvalue weighted by Gasteiger charge is 2.13. The molecule has 0 spiro atoms. The maximum Gasteiger partial charge on any atom is 0.226 e. The zero-order chi connectivity index (χ0) is 17.5. The molecule has 24 heavy (non-hydrogen) atoms. The van der Waals surface area contributed by atoms with Crippen LogP contribution in [0.25, 0.3) is 0 Å². The molecule has 2 aromatic rings. The zero-order valence-corrected chi connectivity index (χ0v) is 14.7. The summed E-state index contributed by atoms with van der Waals surface area (Å²) >= 11 is 3.34. The van der Waals surface area contributed by atoms with Crippen LogP contribution < -0.4 is 10.2 Å². The molecular formula is C18H16BrN3O2. The molecule has 122 valence electrons. The van der Waals surface area contributed by atoms with Gasteiger partial charge in [0.1, 0.15) is 0 Å². The van der Waals surface area contributed by atoms with Gasteiger partial charge in [0.25, 0.3) is 0 Å². The normalized spacial score (nSPS) is 9.88. The van der Waals surface area contributed by atoms with E-state index in [2.05, 4.69) is 21.2 Å². The van der Waals surface area contributed by atoms with Gasteiger partial charge in [-0.2, -0.15) is 5.26 Å². The molecule has 0 aromatic heterocycles. The van der Waals surface area contributed by atoms with Crippen LogP contribution in [0.15, 0.2) is 53.0 Å². The fourth-order valence-corrected chi connectivity index (χ4v) is 2.42. The number of nitriles is 1. The average Bonchev–Trinajstić information content (AvgIpc) is 2.57. The molecule has 0 bridgehead atoms. The number of carbonyl (C=O) groups excluding carboxylic acids is 2. The van der Waals surface area contributed by atoms with E-state index in [0.29, 0.717) is 16.9 Å². The Labute approximate surface area is 149 Å². The maximum absolute atomic E-state index is 12.1.